The van der Waals surface area contributed by atoms with Gasteiger partial charge in [-0.25, -0.2) is 16.8 Å². The number of nitro benzene ring substituents is 1. The summed E-state index contributed by atoms with van der Waals surface area (Å²) in [5.41, 5.74) is 6.07. The van der Waals surface area contributed by atoms with Gasteiger partial charge in [-0.1, -0.05) is 0 Å². The molecule has 134 valence electrons. The summed E-state index contributed by atoms with van der Waals surface area (Å²) >= 11 is 0. The van der Waals surface area contributed by atoms with Gasteiger partial charge in [-0.3, -0.25) is 10.1 Å². The first kappa shape index (κ1) is 18.6. The molecular weight excluding hydrogens is 372 g/mol. The number of nitrogens with one attached hydrogen (secondary N) is 2. The first-order valence-corrected chi connectivity index (χ1v) is 10.00. The van der Waals surface area contributed by atoms with Gasteiger partial charge in [0.25, 0.3) is 15.7 Å². The third kappa shape index (κ3) is 4.89. The number of benzene rings is 2. The molecule has 0 radical (unpaired) electrons. The summed E-state index contributed by atoms with van der Waals surface area (Å²) in [6.45, 7) is 0. The van der Waals surface area contributed by atoms with Crippen molar-refractivity contribution in [2.45, 2.75) is 4.90 Å². The molecule has 0 heterocycles. The van der Waals surface area contributed by atoms with E-state index in [0.29, 0.717) is 17.6 Å². The van der Waals surface area contributed by atoms with Gasteiger partial charge in [-0.15, -0.1) is 4.13 Å². The van der Waals surface area contributed by atoms with Crippen molar-refractivity contribution in [1.29, 1.82) is 0 Å². The summed E-state index contributed by atoms with van der Waals surface area (Å²) in [5.74, 6) is 0. The third-order valence-electron chi connectivity index (χ3n) is 2.93. The number of nitro groups is 1. The first-order chi connectivity index (χ1) is 11.5. The minimum Gasteiger partial charge on any atom is -0.399 e. The highest BCUT2D eigenvalue weighted by atomic mass is 32.3. The molecule has 0 fully saturated rings. The zero-order valence-corrected chi connectivity index (χ0v) is 14.5. The summed E-state index contributed by atoms with van der Waals surface area (Å²) in [6.07, 6.45) is 0.663. The normalized spacial score (nSPS) is 11.9. The van der Waals surface area contributed by atoms with Crippen molar-refractivity contribution in [2.75, 3.05) is 17.3 Å². The van der Waals surface area contributed by atoms with Crippen molar-refractivity contribution in [2.24, 2.45) is 0 Å². The van der Waals surface area contributed by atoms with Crippen molar-refractivity contribution in [1.82, 2.24) is 4.13 Å². The fourth-order valence-corrected chi connectivity index (χ4v) is 4.40. The Hall–Kier alpha value is -2.70. The number of nitrogens with zero attached hydrogens (tertiary/aromatic N) is 1. The summed E-state index contributed by atoms with van der Waals surface area (Å²) in [5, 5.41) is 14.0. The molecule has 0 atom stereocenters. The van der Waals surface area contributed by atoms with E-state index in [1.54, 1.807) is 24.3 Å². The molecule has 10 nitrogen and oxygen atoms in total. The fraction of sp³-hybridized carbons (Fsp3) is 0.0769. The number of rotatable bonds is 6. The first-order valence-electron chi connectivity index (χ1n) is 6.62. The van der Waals surface area contributed by atoms with E-state index < -0.39 is 35.6 Å². The lowest BCUT2D eigenvalue weighted by Gasteiger charge is -2.10. The fourth-order valence-electron chi connectivity index (χ4n) is 1.90. The smallest absolute Gasteiger partial charge is 0.294 e. The van der Waals surface area contributed by atoms with E-state index in [1.807, 2.05) is 0 Å². The van der Waals surface area contributed by atoms with Crippen molar-refractivity contribution < 1.29 is 21.8 Å². The second-order valence-corrected chi connectivity index (χ2v) is 8.73. The minimum absolute atomic E-state index is 0.0353. The van der Waals surface area contributed by atoms with Crippen LogP contribution in [0.3, 0.4) is 0 Å². The van der Waals surface area contributed by atoms with Crippen molar-refractivity contribution in [3.63, 3.8) is 0 Å². The van der Waals surface area contributed by atoms with Crippen LogP contribution in [0, 0.1) is 10.1 Å². The van der Waals surface area contributed by atoms with Gasteiger partial charge in [0.15, 0.2) is 0 Å². The van der Waals surface area contributed by atoms with E-state index in [4.69, 9.17) is 5.73 Å². The molecule has 0 spiro atoms. The van der Waals surface area contributed by atoms with Gasteiger partial charge in [0.05, 0.1) is 16.1 Å². The lowest BCUT2D eigenvalue weighted by atomic mass is 10.2. The molecule has 4 N–H and O–H groups in total. The van der Waals surface area contributed by atoms with Crippen LogP contribution in [0.15, 0.2) is 47.4 Å². The Labute approximate surface area is 143 Å². The predicted molar refractivity (Wildman–Crippen MR) is 92.4 cm³/mol. The Morgan fingerprint density at radius 2 is 1.64 bits per heavy atom. The number of nitrogens with two attached hydrogens (primary N) is 1. The molecule has 12 heteroatoms. The van der Waals surface area contributed by atoms with Gasteiger partial charge in [-0.2, -0.15) is 0 Å². The Bertz CT molecular complexity index is 1020. The highest BCUT2D eigenvalue weighted by Crippen LogP contribution is 2.30. The molecule has 0 bridgehead atoms. The van der Waals surface area contributed by atoms with E-state index in [-0.39, 0.29) is 5.69 Å². The molecule has 2 aromatic carbocycles. The summed E-state index contributed by atoms with van der Waals surface area (Å²) in [4.78, 5) is 9.92. The number of hydrogen-bond acceptors (Lipinski definition) is 8. The quantitative estimate of drug-likeness (QED) is 0.378. The third-order valence-corrected chi connectivity index (χ3v) is 5.89. The molecular formula is C13H14N4O6S2. The molecule has 2 rings (SSSR count). The maximum absolute atomic E-state index is 12.0. The second kappa shape index (κ2) is 6.66. The molecule has 25 heavy (non-hydrogen) atoms. The molecule has 0 aliphatic carbocycles. The predicted octanol–water partition coefficient (Wildman–Crippen LogP) is 1.16. The monoisotopic (exact) mass is 386 g/mol. The number of sulfonamides is 2. The van der Waals surface area contributed by atoms with E-state index >= 15 is 0 Å². The summed E-state index contributed by atoms with van der Waals surface area (Å²) < 4.78 is 47.7. The highest BCUT2D eigenvalue weighted by Gasteiger charge is 2.24. The lowest BCUT2D eigenvalue weighted by molar-refractivity contribution is -0.384. The molecule has 0 saturated heterocycles. The highest BCUT2D eigenvalue weighted by molar-refractivity contribution is 8.04. The van der Waals surface area contributed by atoms with Gasteiger partial charge >= 0.3 is 0 Å². The van der Waals surface area contributed by atoms with Crippen molar-refractivity contribution >= 4 is 42.8 Å². The SMILES string of the molecule is CS(=O)(=O)NS(=O)(=O)c1ccc(Nc2ccc(N)cc2)c([N+](=O)[O-])c1. The molecule has 0 saturated carbocycles. The number of nitrogen functional groups attached to an aromatic ring is 1. The lowest BCUT2D eigenvalue weighted by Crippen LogP contribution is -2.29. The van der Waals surface area contributed by atoms with Crippen LogP contribution in [-0.4, -0.2) is 28.0 Å². The van der Waals surface area contributed by atoms with Crippen LogP contribution in [0.1, 0.15) is 0 Å². The van der Waals surface area contributed by atoms with Crippen LogP contribution in [0.4, 0.5) is 22.7 Å². The second-order valence-electron chi connectivity index (χ2n) is 5.04. The number of anilines is 3. The van der Waals surface area contributed by atoms with Crippen molar-refractivity contribution in [3.8, 4) is 0 Å². The maximum Gasteiger partial charge on any atom is 0.294 e. The Morgan fingerprint density at radius 1 is 1.04 bits per heavy atom. The van der Waals surface area contributed by atoms with E-state index in [9.17, 15) is 26.9 Å². The van der Waals surface area contributed by atoms with Crippen LogP contribution >= 0.6 is 0 Å². The van der Waals surface area contributed by atoms with Gasteiger partial charge in [0.2, 0.25) is 10.0 Å². The van der Waals surface area contributed by atoms with Crippen molar-refractivity contribution in [3.05, 3.63) is 52.6 Å². The van der Waals surface area contributed by atoms with E-state index in [2.05, 4.69) is 5.32 Å². The maximum atomic E-state index is 12.0. The van der Waals surface area contributed by atoms with Crippen LogP contribution in [0.5, 0.6) is 0 Å². The summed E-state index contributed by atoms with van der Waals surface area (Å²) in [7, 11) is -8.52. The van der Waals surface area contributed by atoms with Crippen LogP contribution in [0.2, 0.25) is 0 Å². The molecule has 0 aliphatic rings. The topological polar surface area (TPSA) is 162 Å². The van der Waals surface area contributed by atoms with E-state index in [0.717, 1.165) is 12.1 Å². The van der Waals surface area contributed by atoms with Crippen LogP contribution in [0.25, 0.3) is 0 Å². The largest absolute Gasteiger partial charge is 0.399 e. The van der Waals surface area contributed by atoms with Gasteiger partial charge in [0, 0.05) is 17.4 Å². The van der Waals surface area contributed by atoms with Gasteiger partial charge in [-0.05, 0) is 36.4 Å². The van der Waals surface area contributed by atoms with E-state index in [1.165, 1.54) is 10.2 Å². The molecule has 0 amide bonds. The summed E-state index contributed by atoms with van der Waals surface area (Å²) in [6, 6.07) is 9.36. The Kier molecular flexibility index (Phi) is 4.97. The standard InChI is InChI=1S/C13H14N4O6S2/c1-24(20,21)16-25(22,23)11-6-7-12(13(8-11)17(18)19)15-10-4-2-9(14)3-5-10/h2-8,15-16H,14H2,1H3. The zero-order valence-electron chi connectivity index (χ0n) is 12.8. The number of hydrogen-bond donors (Lipinski definition) is 3. The Morgan fingerprint density at radius 3 is 2.16 bits per heavy atom. The molecule has 0 aromatic heterocycles. The van der Waals surface area contributed by atoms with Crippen LogP contribution in [-0.2, 0) is 20.0 Å². The zero-order chi connectivity index (χ0) is 18.8. The Balaban J connectivity index is 2.44. The average Bonchev–Trinajstić information content (AvgIpc) is 2.47. The average molecular weight is 386 g/mol. The molecule has 2 aromatic rings. The minimum atomic E-state index is -4.46. The van der Waals surface area contributed by atoms with Gasteiger partial charge < -0.3 is 11.1 Å². The van der Waals surface area contributed by atoms with Crippen LogP contribution < -0.4 is 15.2 Å². The van der Waals surface area contributed by atoms with Gasteiger partial charge in [0.1, 0.15) is 5.69 Å². The molecule has 0 unspecified atom stereocenters. The molecule has 0 aliphatic heterocycles.